The van der Waals surface area contributed by atoms with Crippen LogP contribution in [0.2, 0.25) is 0 Å². The second-order valence-corrected chi connectivity index (χ2v) is 7.55. The van der Waals surface area contributed by atoms with Gasteiger partial charge in [-0.05, 0) is 60.5 Å². The third-order valence-electron chi connectivity index (χ3n) is 5.53. The van der Waals surface area contributed by atoms with E-state index in [1.165, 1.54) is 42.3 Å². The minimum atomic E-state index is 0.00965. The van der Waals surface area contributed by atoms with Crippen molar-refractivity contribution in [3.63, 3.8) is 0 Å². The summed E-state index contributed by atoms with van der Waals surface area (Å²) < 4.78 is 11.7. The number of nitrogens with zero attached hydrogens (tertiary/aromatic N) is 1. The monoisotopic (exact) mass is 391 g/mol. The summed E-state index contributed by atoms with van der Waals surface area (Å²) in [7, 11) is 0. The summed E-state index contributed by atoms with van der Waals surface area (Å²) in [6.45, 7) is 4.46. The van der Waals surface area contributed by atoms with Crippen LogP contribution in [0.1, 0.15) is 24.0 Å². The zero-order valence-electron chi connectivity index (χ0n) is 16.8. The fourth-order valence-corrected chi connectivity index (χ4v) is 4.00. The topological polar surface area (TPSA) is 41.9 Å². The zero-order chi connectivity index (χ0) is 19.9. The van der Waals surface area contributed by atoms with Crippen LogP contribution in [0.25, 0.3) is 10.8 Å². The van der Waals surface area contributed by atoms with Crippen LogP contribution in [0.5, 0.6) is 11.5 Å². The Morgan fingerprint density at radius 1 is 0.828 bits per heavy atom. The molecule has 0 atom stereocenters. The standard InChI is InChI=1S/C25H29NO3/c27-16-18-29-25-12-9-21-5-1-2-6-23(21)24(25)19-20-7-10-22(11-8-20)28-17-15-26-13-3-4-14-26/h1-2,5-12,27H,3-4,13-19H2. The average Bonchev–Trinajstić information content (AvgIpc) is 3.28. The Hall–Kier alpha value is -2.56. The highest BCUT2D eigenvalue weighted by Gasteiger charge is 2.12. The Morgan fingerprint density at radius 2 is 1.62 bits per heavy atom. The summed E-state index contributed by atoms with van der Waals surface area (Å²) in [4.78, 5) is 2.46. The number of aliphatic hydroxyl groups is 1. The molecule has 0 radical (unpaired) electrons. The molecule has 3 aromatic carbocycles. The highest BCUT2D eigenvalue weighted by Crippen LogP contribution is 2.30. The number of benzene rings is 3. The molecule has 0 bridgehead atoms. The van der Waals surface area contributed by atoms with Crippen molar-refractivity contribution in [2.45, 2.75) is 19.3 Å². The minimum absolute atomic E-state index is 0.00965. The lowest BCUT2D eigenvalue weighted by molar-refractivity contribution is 0.200. The molecule has 1 aliphatic rings. The van der Waals surface area contributed by atoms with Crippen LogP contribution in [-0.2, 0) is 6.42 Å². The molecular formula is C25H29NO3. The third kappa shape index (κ3) is 5.08. The number of hydrogen-bond donors (Lipinski definition) is 1. The van der Waals surface area contributed by atoms with Gasteiger partial charge in [-0.2, -0.15) is 0 Å². The molecule has 0 unspecified atom stereocenters. The molecule has 1 fully saturated rings. The van der Waals surface area contributed by atoms with Crippen molar-refractivity contribution in [3.05, 3.63) is 71.8 Å². The Morgan fingerprint density at radius 3 is 2.41 bits per heavy atom. The quantitative estimate of drug-likeness (QED) is 0.591. The fourth-order valence-electron chi connectivity index (χ4n) is 4.00. The maximum Gasteiger partial charge on any atom is 0.123 e. The first-order valence-electron chi connectivity index (χ1n) is 10.5. The predicted molar refractivity (Wildman–Crippen MR) is 117 cm³/mol. The number of hydrogen-bond acceptors (Lipinski definition) is 4. The molecule has 0 saturated carbocycles. The summed E-state index contributed by atoms with van der Waals surface area (Å²) in [5.74, 6) is 1.76. The second-order valence-electron chi connectivity index (χ2n) is 7.55. The van der Waals surface area contributed by atoms with Crippen molar-refractivity contribution in [1.82, 2.24) is 4.90 Å². The van der Waals surface area contributed by atoms with Gasteiger partial charge >= 0.3 is 0 Å². The van der Waals surface area contributed by atoms with Crippen molar-refractivity contribution in [3.8, 4) is 11.5 Å². The van der Waals surface area contributed by atoms with Crippen molar-refractivity contribution < 1.29 is 14.6 Å². The number of rotatable bonds is 9. The van der Waals surface area contributed by atoms with Gasteiger partial charge in [0.25, 0.3) is 0 Å². The molecule has 1 heterocycles. The first-order valence-corrected chi connectivity index (χ1v) is 10.5. The van der Waals surface area contributed by atoms with Crippen molar-refractivity contribution in [2.75, 3.05) is 39.5 Å². The van der Waals surface area contributed by atoms with Gasteiger partial charge in [-0.15, -0.1) is 0 Å². The molecule has 3 aromatic rings. The van der Waals surface area contributed by atoms with Crippen LogP contribution in [0.4, 0.5) is 0 Å². The van der Waals surface area contributed by atoms with Gasteiger partial charge < -0.3 is 14.6 Å². The van der Waals surface area contributed by atoms with Gasteiger partial charge in [0.1, 0.15) is 24.7 Å². The van der Waals surface area contributed by atoms with Gasteiger partial charge in [-0.25, -0.2) is 0 Å². The lowest BCUT2D eigenvalue weighted by Crippen LogP contribution is -2.25. The average molecular weight is 392 g/mol. The maximum absolute atomic E-state index is 9.15. The van der Waals surface area contributed by atoms with Crippen LogP contribution in [-0.4, -0.2) is 49.5 Å². The largest absolute Gasteiger partial charge is 0.492 e. The molecule has 0 aromatic heterocycles. The van der Waals surface area contributed by atoms with E-state index < -0.39 is 0 Å². The minimum Gasteiger partial charge on any atom is -0.492 e. The van der Waals surface area contributed by atoms with Crippen LogP contribution in [0.15, 0.2) is 60.7 Å². The van der Waals surface area contributed by atoms with E-state index in [4.69, 9.17) is 14.6 Å². The molecule has 0 amide bonds. The molecular weight excluding hydrogens is 362 g/mol. The summed E-state index contributed by atoms with van der Waals surface area (Å²) in [5, 5.41) is 11.5. The van der Waals surface area contributed by atoms with Crippen molar-refractivity contribution in [1.29, 1.82) is 0 Å². The van der Waals surface area contributed by atoms with Gasteiger partial charge in [-0.3, -0.25) is 4.90 Å². The molecule has 152 valence electrons. The molecule has 1 N–H and O–H groups in total. The Labute approximate surface area is 172 Å². The van der Waals surface area contributed by atoms with E-state index in [0.717, 1.165) is 36.6 Å². The number of fused-ring (bicyclic) bond motifs is 1. The summed E-state index contributed by atoms with van der Waals surface area (Å²) >= 11 is 0. The lowest BCUT2D eigenvalue weighted by atomic mass is 9.97. The summed E-state index contributed by atoms with van der Waals surface area (Å²) in [6, 6.07) is 20.8. The fraction of sp³-hybridized carbons (Fsp3) is 0.360. The SMILES string of the molecule is OCCOc1ccc2ccccc2c1Cc1ccc(OCCN2CCCC2)cc1. The van der Waals surface area contributed by atoms with Gasteiger partial charge in [0.2, 0.25) is 0 Å². The number of likely N-dealkylation sites (tertiary alicyclic amines) is 1. The highest BCUT2D eigenvalue weighted by molar-refractivity contribution is 5.88. The van der Waals surface area contributed by atoms with E-state index in [1.54, 1.807) is 0 Å². The highest BCUT2D eigenvalue weighted by atomic mass is 16.5. The Kier molecular flexibility index (Phi) is 6.65. The van der Waals surface area contributed by atoms with Crippen LogP contribution >= 0.6 is 0 Å². The lowest BCUT2D eigenvalue weighted by Gasteiger charge is -2.16. The van der Waals surface area contributed by atoms with Crippen LogP contribution in [0, 0.1) is 0 Å². The van der Waals surface area contributed by atoms with E-state index >= 15 is 0 Å². The van der Waals surface area contributed by atoms with Crippen molar-refractivity contribution in [2.24, 2.45) is 0 Å². The molecule has 4 rings (SSSR count). The number of aliphatic hydroxyl groups excluding tert-OH is 1. The van der Waals surface area contributed by atoms with Gasteiger partial charge in [0.05, 0.1) is 6.61 Å². The first-order chi connectivity index (χ1) is 14.3. The normalized spacial score (nSPS) is 14.4. The van der Waals surface area contributed by atoms with Gasteiger partial charge in [-0.1, -0.05) is 42.5 Å². The zero-order valence-corrected chi connectivity index (χ0v) is 16.8. The molecule has 1 saturated heterocycles. The third-order valence-corrected chi connectivity index (χ3v) is 5.53. The molecule has 0 spiro atoms. The summed E-state index contributed by atoms with van der Waals surface area (Å²) in [5.41, 5.74) is 2.36. The molecule has 4 heteroatoms. The van der Waals surface area contributed by atoms with Gasteiger partial charge in [0, 0.05) is 18.5 Å². The van der Waals surface area contributed by atoms with E-state index in [0.29, 0.717) is 6.61 Å². The van der Waals surface area contributed by atoms with Crippen LogP contribution in [0.3, 0.4) is 0 Å². The van der Waals surface area contributed by atoms with E-state index in [9.17, 15) is 0 Å². The summed E-state index contributed by atoms with van der Waals surface area (Å²) in [6.07, 6.45) is 3.40. The Bertz CT molecular complexity index is 917. The number of ether oxygens (including phenoxy) is 2. The van der Waals surface area contributed by atoms with E-state index in [1.807, 2.05) is 6.07 Å². The molecule has 1 aliphatic heterocycles. The second kappa shape index (κ2) is 9.77. The Balaban J connectivity index is 1.45. The van der Waals surface area contributed by atoms with Gasteiger partial charge in [0.15, 0.2) is 0 Å². The smallest absolute Gasteiger partial charge is 0.123 e. The van der Waals surface area contributed by atoms with Crippen molar-refractivity contribution >= 4 is 10.8 Å². The first kappa shape index (κ1) is 19.7. The molecule has 4 nitrogen and oxygen atoms in total. The van der Waals surface area contributed by atoms with Crippen LogP contribution < -0.4 is 9.47 Å². The van der Waals surface area contributed by atoms with E-state index in [2.05, 4.69) is 59.5 Å². The van der Waals surface area contributed by atoms with E-state index in [-0.39, 0.29) is 6.61 Å². The predicted octanol–water partition coefficient (Wildman–Crippen LogP) is 4.28. The maximum atomic E-state index is 9.15. The molecule has 0 aliphatic carbocycles. The molecule has 29 heavy (non-hydrogen) atoms.